The second-order valence-corrected chi connectivity index (χ2v) is 5.26. The molecule has 1 N–H and O–H groups in total. The highest BCUT2D eigenvalue weighted by Crippen LogP contribution is 2.16. The van der Waals surface area contributed by atoms with E-state index in [9.17, 15) is 0 Å². The molecule has 0 saturated heterocycles. The van der Waals surface area contributed by atoms with Crippen LogP contribution in [0.2, 0.25) is 0 Å². The molecular weight excluding hydrogens is 300 g/mol. The van der Waals surface area contributed by atoms with E-state index in [1.54, 1.807) is 30.4 Å². The first kappa shape index (κ1) is 14.5. The molecule has 3 aromatic heterocycles. The lowest BCUT2D eigenvalue weighted by molar-refractivity contribution is 0.379. The van der Waals surface area contributed by atoms with E-state index < -0.39 is 0 Å². The van der Waals surface area contributed by atoms with E-state index in [4.69, 9.17) is 4.52 Å². The second kappa shape index (κ2) is 6.99. The molecule has 0 aliphatic heterocycles. The first-order valence-corrected chi connectivity index (χ1v) is 8.02. The first-order chi connectivity index (χ1) is 10.8. The quantitative estimate of drug-likeness (QED) is 0.742. The number of rotatable bonds is 6. The van der Waals surface area contributed by atoms with Crippen LogP contribution in [0, 0.1) is 0 Å². The molecule has 7 nitrogen and oxygen atoms in total. The van der Waals surface area contributed by atoms with Crippen LogP contribution in [-0.2, 0) is 12.3 Å². The number of hydrogen-bond acceptors (Lipinski definition) is 8. The third-order valence-electron chi connectivity index (χ3n) is 2.79. The molecule has 0 aromatic carbocycles. The maximum atomic E-state index is 5.15. The van der Waals surface area contributed by atoms with E-state index in [2.05, 4.69) is 30.4 Å². The normalized spacial score (nSPS) is 10.6. The second-order valence-electron chi connectivity index (χ2n) is 4.40. The summed E-state index contributed by atoms with van der Waals surface area (Å²) in [5, 5.41) is 6.97. The van der Waals surface area contributed by atoms with Gasteiger partial charge in [-0.1, -0.05) is 5.16 Å². The lowest BCUT2D eigenvalue weighted by Crippen LogP contribution is -2.04. The van der Waals surface area contributed by atoms with E-state index in [1.807, 2.05) is 24.5 Å². The zero-order valence-corrected chi connectivity index (χ0v) is 12.7. The van der Waals surface area contributed by atoms with Crippen molar-refractivity contribution < 1.29 is 4.52 Å². The highest BCUT2D eigenvalue weighted by Gasteiger charge is 2.07. The largest absolute Gasteiger partial charge is 0.345 e. The van der Waals surface area contributed by atoms with Crippen LogP contribution < -0.4 is 5.32 Å². The van der Waals surface area contributed by atoms with Gasteiger partial charge in [0.1, 0.15) is 0 Å². The van der Waals surface area contributed by atoms with Gasteiger partial charge in [-0.15, -0.1) is 0 Å². The predicted molar refractivity (Wildman–Crippen MR) is 84.1 cm³/mol. The van der Waals surface area contributed by atoms with E-state index in [0.29, 0.717) is 24.2 Å². The van der Waals surface area contributed by atoms with Crippen LogP contribution in [0.3, 0.4) is 0 Å². The number of thioether (sulfide) groups is 1. The number of hydrogen-bond donors (Lipinski definition) is 1. The van der Waals surface area contributed by atoms with Gasteiger partial charge in [0.15, 0.2) is 5.82 Å². The fourth-order valence-electron chi connectivity index (χ4n) is 1.82. The summed E-state index contributed by atoms with van der Waals surface area (Å²) in [4.78, 5) is 17.0. The number of pyridine rings is 1. The van der Waals surface area contributed by atoms with Crippen LogP contribution in [0.1, 0.15) is 11.7 Å². The van der Waals surface area contributed by atoms with Crippen molar-refractivity contribution in [1.29, 1.82) is 0 Å². The molecule has 0 unspecified atom stereocenters. The van der Waals surface area contributed by atoms with Crippen molar-refractivity contribution in [2.45, 2.75) is 12.3 Å². The monoisotopic (exact) mass is 314 g/mol. The maximum Gasteiger partial charge on any atom is 0.246 e. The number of anilines is 1. The molecule has 22 heavy (non-hydrogen) atoms. The molecule has 8 heteroatoms. The van der Waals surface area contributed by atoms with Crippen molar-refractivity contribution in [1.82, 2.24) is 25.1 Å². The topological polar surface area (TPSA) is 89.6 Å². The van der Waals surface area contributed by atoms with Gasteiger partial charge in [0.05, 0.1) is 18.0 Å². The van der Waals surface area contributed by atoms with Gasteiger partial charge in [0.25, 0.3) is 0 Å². The highest BCUT2D eigenvalue weighted by molar-refractivity contribution is 7.97. The third kappa shape index (κ3) is 3.59. The summed E-state index contributed by atoms with van der Waals surface area (Å²) in [7, 11) is 0. The molecule has 0 atom stereocenters. The molecule has 0 radical (unpaired) electrons. The van der Waals surface area contributed by atoms with E-state index >= 15 is 0 Å². The van der Waals surface area contributed by atoms with Crippen molar-refractivity contribution in [3.05, 3.63) is 48.5 Å². The smallest absolute Gasteiger partial charge is 0.246 e. The average Bonchev–Trinajstić information content (AvgIpc) is 3.02. The Morgan fingerprint density at radius 3 is 3.00 bits per heavy atom. The Hall–Kier alpha value is -2.48. The van der Waals surface area contributed by atoms with Crippen LogP contribution in [-0.4, -0.2) is 31.3 Å². The van der Waals surface area contributed by atoms with Crippen LogP contribution >= 0.6 is 11.8 Å². The Balaban J connectivity index is 1.67. The summed E-state index contributed by atoms with van der Waals surface area (Å²) >= 11 is 1.65. The third-order valence-corrected chi connectivity index (χ3v) is 3.34. The van der Waals surface area contributed by atoms with Gasteiger partial charge in [0.2, 0.25) is 11.8 Å². The standard InChI is InChI=1S/C14H14N6OS/c1-22-9-12-19-13(21-20-12)8-17-14-16-6-4-11(18-14)10-3-2-5-15-7-10/h2-7H,8-9H2,1H3,(H,16,17,18). The molecule has 0 saturated carbocycles. The van der Waals surface area contributed by atoms with E-state index in [0.717, 1.165) is 17.0 Å². The summed E-state index contributed by atoms with van der Waals surface area (Å²) < 4.78 is 5.15. The van der Waals surface area contributed by atoms with Gasteiger partial charge >= 0.3 is 0 Å². The molecular formula is C14H14N6OS. The number of nitrogens with zero attached hydrogens (tertiary/aromatic N) is 5. The molecule has 0 aliphatic carbocycles. The van der Waals surface area contributed by atoms with Crippen molar-refractivity contribution in [3.8, 4) is 11.3 Å². The highest BCUT2D eigenvalue weighted by atomic mass is 32.2. The van der Waals surface area contributed by atoms with Gasteiger partial charge in [-0.3, -0.25) is 4.98 Å². The molecule has 3 rings (SSSR count). The minimum absolute atomic E-state index is 0.387. The average molecular weight is 314 g/mol. The number of nitrogens with one attached hydrogen (secondary N) is 1. The SMILES string of the molecule is CSCc1noc(CNc2nccc(-c3cccnc3)n2)n1. The number of aromatic nitrogens is 5. The lowest BCUT2D eigenvalue weighted by Gasteiger charge is -2.04. The summed E-state index contributed by atoms with van der Waals surface area (Å²) in [6, 6.07) is 5.66. The Bertz CT molecular complexity index is 733. The zero-order chi connectivity index (χ0) is 15.2. The van der Waals surface area contributed by atoms with Crippen LogP contribution in [0.25, 0.3) is 11.3 Å². The predicted octanol–water partition coefficient (Wildman–Crippen LogP) is 2.40. The Morgan fingerprint density at radius 2 is 2.18 bits per heavy atom. The van der Waals surface area contributed by atoms with E-state index in [1.165, 1.54) is 0 Å². The van der Waals surface area contributed by atoms with Gasteiger partial charge < -0.3 is 9.84 Å². The summed E-state index contributed by atoms with van der Waals surface area (Å²) in [5.74, 6) is 2.44. The molecule has 0 spiro atoms. The van der Waals surface area contributed by atoms with Gasteiger partial charge in [0, 0.05) is 24.2 Å². The van der Waals surface area contributed by atoms with Crippen molar-refractivity contribution in [3.63, 3.8) is 0 Å². The summed E-state index contributed by atoms with van der Waals surface area (Å²) in [5.41, 5.74) is 1.74. The van der Waals surface area contributed by atoms with Crippen molar-refractivity contribution in [2.24, 2.45) is 0 Å². The lowest BCUT2D eigenvalue weighted by atomic mass is 10.2. The van der Waals surface area contributed by atoms with Crippen LogP contribution in [0.5, 0.6) is 0 Å². The fourth-order valence-corrected chi connectivity index (χ4v) is 2.20. The fraction of sp³-hybridized carbons (Fsp3) is 0.214. The molecule has 0 amide bonds. The molecule has 0 bridgehead atoms. The minimum Gasteiger partial charge on any atom is -0.345 e. The van der Waals surface area contributed by atoms with E-state index in [-0.39, 0.29) is 0 Å². The van der Waals surface area contributed by atoms with Gasteiger partial charge in [-0.05, 0) is 24.5 Å². The Kier molecular flexibility index (Phi) is 4.59. The minimum atomic E-state index is 0.387. The molecule has 3 aromatic rings. The molecule has 0 aliphatic rings. The summed E-state index contributed by atoms with van der Waals surface area (Å²) in [6.45, 7) is 0.387. The summed E-state index contributed by atoms with van der Waals surface area (Å²) in [6.07, 6.45) is 7.18. The maximum absolute atomic E-state index is 5.15. The zero-order valence-electron chi connectivity index (χ0n) is 11.9. The van der Waals surface area contributed by atoms with Crippen molar-refractivity contribution >= 4 is 17.7 Å². The molecule has 0 fully saturated rings. The first-order valence-electron chi connectivity index (χ1n) is 6.63. The van der Waals surface area contributed by atoms with Crippen LogP contribution in [0.15, 0.2) is 41.3 Å². The molecule has 3 heterocycles. The van der Waals surface area contributed by atoms with Gasteiger partial charge in [-0.25, -0.2) is 9.97 Å². The van der Waals surface area contributed by atoms with Crippen molar-refractivity contribution in [2.75, 3.05) is 11.6 Å². The van der Waals surface area contributed by atoms with Crippen LogP contribution in [0.4, 0.5) is 5.95 Å². The van der Waals surface area contributed by atoms with Gasteiger partial charge in [-0.2, -0.15) is 16.7 Å². The Labute approximate surface area is 131 Å². The Morgan fingerprint density at radius 1 is 1.23 bits per heavy atom. The molecule has 112 valence electrons.